The number of likely N-dealkylation sites (tertiary alicyclic amines) is 1. The number of piperidine rings is 1. The summed E-state index contributed by atoms with van der Waals surface area (Å²) in [6.45, 7) is 2.24. The monoisotopic (exact) mass is 321 g/mol. The van der Waals surface area contributed by atoms with Gasteiger partial charge in [0.25, 0.3) is 0 Å². The van der Waals surface area contributed by atoms with Crippen molar-refractivity contribution in [3.05, 3.63) is 41.7 Å². The highest BCUT2D eigenvalue weighted by molar-refractivity contribution is 7.88. The summed E-state index contributed by atoms with van der Waals surface area (Å²) in [6.07, 6.45) is 6.35. The van der Waals surface area contributed by atoms with Crippen LogP contribution in [0.25, 0.3) is 5.52 Å². The molecule has 0 unspecified atom stereocenters. The molecule has 1 fully saturated rings. The van der Waals surface area contributed by atoms with Gasteiger partial charge in [-0.15, -0.1) is 0 Å². The summed E-state index contributed by atoms with van der Waals surface area (Å²) in [5.41, 5.74) is 3.31. The quantitative estimate of drug-likeness (QED) is 0.934. The minimum absolute atomic E-state index is 0.0258. The number of pyridine rings is 1. The minimum Gasteiger partial charge on any atom is -0.324 e. The number of aromatic nitrogens is 1. The molecule has 1 N–H and O–H groups in total. The lowest BCUT2D eigenvalue weighted by molar-refractivity contribution is 0.256. The van der Waals surface area contributed by atoms with Crippen molar-refractivity contribution in [3.8, 4) is 0 Å². The van der Waals surface area contributed by atoms with E-state index in [9.17, 15) is 8.42 Å². The molecule has 0 bridgehead atoms. The van der Waals surface area contributed by atoms with E-state index in [0.717, 1.165) is 37.0 Å². The Labute approximate surface area is 132 Å². The molecule has 0 spiro atoms. The highest BCUT2D eigenvalue weighted by Gasteiger charge is 2.21. The van der Waals surface area contributed by atoms with Gasteiger partial charge in [-0.05, 0) is 75.3 Å². The van der Waals surface area contributed by atoms with Gasteiger partial charge >= 0.3 is 0 Å². The van der Waals surface area contributed by atoms with Gasteiger partial charge in [0.15, 0.2) is 0 Å². The highest BCUT2D eigenvalue weighted by atomic mass is 32.2. The lowest BCUT2D eigenvalue weighted by Gasteiger charge is -2.28. The Morgan fingerprint density at radius 2 is 1.91 bits per heavy atom. The summed E-state index contributed by atoms with van der Waals surface area (Å²) in [6, 6.07) is 6.07. The maximum atomic E-state index is 11.7. The van der Waals surface area contributed by atoms with Crippen molar-refractivity contribution in [1.82, 2.24) is 14.0 Å². The van der Waals surface area contributed by atoms with Crippen molar-refractivity contribution >= 4 is 15.5 Å². The summed E-state index contributed by atoms with van der Waals surface area (Å²) >= 11 is 0. The van der Waals surface area contributed by atoms with Crippen LogP contribution in [-0.2, 0) is 15.8 Å². The van der Waals surface area contributed by atoms with E-state index in [4.69, 9.17) is 0 Å². The summed E-state index contributed by atoms with van der Waals surface area (Å²) in [5.74, 6) is 0.593. The summed E-state index contributed by atoms with van der Waals surface area (Å²) in [5, 5.41) is 0. The van der Waals surface area contributed by atoms with E-state index in [2.05, 4.69) is 33.3 Å². The van der Waals surface area contributed by atoms with Crippen molar-refractivity contribution in [2.75, 3.05) is 27.2 Å². The third-order valence-electron chi connectivity index (χ3n) is 4.59. The van der Waals surface area contributed by atoms with Crippen LogP contribution in [0.3, 0.4) is 0 Å². The van der Waals surface area contributed by atoms with E-state index in [1.165, 1.54) is 12.6 Å². The first kappa shape index (κ1) is 15.5. The third kappa shape index (κ3) is 3.19. The number of nitrogens with zero attached hydrogens (tertiary/aromatic N) is 2. The fourth-order valence-corrected chi connectivity index (χ4v) is 3.97. The zero-order valence-corrected chi connectivity index (χ0v) is 13.9. The predicted molar refractivity (Wildman–Crippen MR) is 88.6 cm³/mol. The van der Waals surface area contributed by atoms with Crippen LogP contribution < -0.4 is 4.72 Å². The molecule has 0 atom stereocenters. The van der Waals surface area contributed by atoms with E-state index in [1.807, 2.05) is 18.3 Å². The first-order chi connectivity index (χ1) is 10.5. The molecule has 2 aromatic heterocycles. The van der Waals surface area contributed by atoms with Crippen molar-refractivity contribution < 1.29 is 8.42 Å². The first-order valence-corrected chi connectivity index (χ1v) is 9.33. The Bertz CT molecular complexity index is 759. The molecule has 22 heavy (non-hydrogen) atoms. The fraction of sp³-hybridized carbons (Fsp3) is 0.500. The average molecular weight is 321 g/mol. The summed E-state index contributed by atoms with van der Waals surface area (Å²) < 4.78 is 27.9. The standard InChI is InChI=1S/C16H23N3O2S/c1-17-22(20,21)12-13-3-9-19-10-6-15(16(19)11-13)14-4-7-18(2)8-5-14/h3,6,9-11,14,17H,4-5,7-8,12H2,1-2H3. The number of nitrogens with one attached hydrogen (secondary N) is 1. The van der Waals surface area contributed by atoms with Crippen LogP contribution in [0, 0.1) is 0 Å². The molecule has 1 saturated heterocycles. The van der Waals surface area contributed by atoms with Gasteiger partial charge in [0, 0.05) is 17.9 Å². The molecule has 120 valence electrons. The molecule has 0 saturated carbocycles. The lowest BCUT2D eigenvalue weighted by Crippen LogP contribution is -2.29. The van der Waals surface area contributed by atoms with Gasteiger partial charge in [-0.1, -0.05) is 0 Å². The molecule has 0 aromatic carbocycles. The van der Waals surface area contributed by atoms with E-state index in [-0.39, 0.29) is 5.75 Å². The molecule has 6 heteroatoms. The van der Waals surface area contributed by atoms with Crippen molar-refractivity contribution in [2.45, 2.75) is 24.5 Å². The number of sulfonamides is 1. The minimum atomic E-state index is -3.24. The van der Waals surface area contributed by atoms with Gasteiger partial charge in [-0.25, -0.2) is 13.1 Å². The van der Waals surface area contributed by atoms with Gasteiger partial charge < -0.3 is 9.30 Å². The molecule has 3 heterocycles. The SMILES string of the molecule is CNS(=O)(=O)Cc1ccn2ccc(C3CCN(C)CC3)c2c1. The smallest absolute Gasteiger partial charge is 0.215 e. The average Bonchev–Trinajstić information content (AvgIpc) is 2.91. The van der Waals surface area contributed by atoms with E-state index in [0.29, 0.717) is 5.92 Å². The van der Waals surface area contributed by atoms with Crippen LogP contribution in [0.2, 0.25) is 0 Å². The second-order valence-corrected chi connectivity index (χ2v) is 8.07. The zero-order chi connectivity index (χ0) is 15.7. The number of fused-ring (bicyclic) bond motifs is 1. The maximum absolute atomic E-state index is 11.7. The Morgan fingerprint density at radius 3 is 2.59 bits per heavy atom. The highest BCUT2D eigenvalue weighted by Crippen LogP contribution is 2.31. The Morgan fingerprint density at radius 1 is 1.23 bits per heavy atom. The van der Waals surface area contributed by atoms with Crippen molar-refractivity contribution in [3.63, 3.8) is 0 Å². The second kappa shape index (κ2) is 6.02. The van der Waals surface area contributed by atoms with Crippen LogP contribution in [0.5, 0.6) is 0 Å². The Hall–Kier alpha value is -1.37. The molecular weight excluding hydrogens is 298 g/mol. The van der Waals surface area contributed by atoms with Gasteiger partial charge in [0.05, 0.1) is 5.75 Å². The molecule has 1 aliphatic rings. The molecule has 0 aliphatic carbocycles. The predicted octanol–water partition coefficient (Wildman–Crippen LogP) is 1.80. The lowest BCUT2D eigenvalue weighted by atomic mass is 9.90. The van der Waals surface area contributed by atoms with E-state index in [1.54, 1.807) is 0 Å². The van der Waals surface area contributed by atoms with Crippen LogP contribution >= 0.6 is 0 Å². The molecule has 2 aromatic rings. The van der Waals surface area contributed by atoms with Crippen molar-refractivity contribution in [2.24, 2.45) is 0 Å². The topological polar surface area (TPSA) is 53.8 Å². The molecular formula is C16H23N3O2S. The molecule has 0 amide bonds. The Kier molecular flexibility index (Phi) is 4.25. The van der Waals surface area contributed by atoms with Crippen LogP contribution in [0.15, 0.2) is 30.6 Å². The van der Waals surface area contributed by atoms with Crippen molar-refractivity contribution in [1.29, 1.82) is 0 Å². The first-order valence-electron chi connectivity index (χ1n) is 7.68. The van der Waals surface area contributed by atoms with Crippen LogP contribution in [0.4, 0.5) is 0 Å². The second-order valence-electron chi connectivity index (χ2n) is 6.14. The van der Waals surface area contributed by atoms with E-state index >= 15 is 0 Å². The third-order valence-corrected chi connectivity index (χ3v) is 5.92. The van der Waals surface area contributed by atoms with E-state index < -0.39 is 10.0 Å². The van der Waals surface area contributed by atoms with Gasteiger partial charge in [0.1, 0.15) is 0 Å². The van der Waals surface area contributed by atoms with Gasteiger partial charge in [0.2, 0.25) is 10.0 Å². The molecule has 3 rings (SSSR count). The zero-order valence-electron chi connectivity index (χ0n) is 13.1. The molecule has 0 radical (unpaired) electrons. The van der Waals surface area contributed by atoms with Gasteiger partial charge in [-0.2, -0.15) is 0 Å². The maximum Gasteiger partial charge on any atom is 0.215 e. The summed E-state index contributed by atoms with van der Waals surface area (Å²) in [4.78, 5) is 2.36. The molecule has 5 nitrogen and oxygen atoms in total. The Balaban J connectivity index is 1.92. The number of hydrogen-bond acceptors (Lipinski definition) is 3. The van der Waals surface area contributed by atoms with Crippen LogP contribution in [-0.4, -0.2) is 44.9 Å². The molecule has 1 aliphatic heterocycles. The normalized spacial score (nSPS) is 18.1. The largest absolute Gasteiger partial charge is 0.324 e. The van der Waals surface area contributed by atoms with Crippen LogP contribution in [0.1, 0.15) is 29.9 Å². The number of rotatable bonds is 4. The van der Waals surface area contributed by atoms with Gasteiger partial charge in [-0.3, -0.25) is 0 Å². The summed E-state index contributed by atoms with van der Waals surface area (Å²) in [7, 11) is 0.380. The fourth-order valence-electron chi connectivity index (χ4n) is 3.21. The number of hydrogen-bond donors (Lipinski definition) is 1.